The van der Waals surface area contributed by atoms with Crippen molar-refractivity contribution in [3.63, 3.8) is 0 Å². The molecule has 0 aromatic carbocycles. The van der Waals surface area contributed by atoms with E-state index in [2.05, 4.69) is 21.1 Å². The van der Waals surface area contributed by atoms with Crippen molar-refractivity contribution in [2.75, 3.05) is 0 Å². The molecule has 0 saturated heterocycles. The Morgan fingerprint density at radius 3 is 2.87 bits per heavy atom. The van der Waals surface area contributed by atoms with Crippen molar-refractivity contribution < 1.29 is 9.53 Å². The molecule has 1 aliphatic rings. The van der Waals surface area contributed by atoms with Crippen LogP contribution in [0, 0.1) is 23.2 Å². The van der Waals surface area contributed by atoms with Crippen LogP contribution in [-0.2, 0) is 16.3 Å². The summed E-state index contributed by atoms with van der Waals surface area (Å²) in [5.74, 6) is 0.0754. The van der Waals surface area contributed by atoms with Crippen LogP contribution in [0.2, 0.25) is 0 Å². The first-order chi connectivity index (χ1) is 14.6. The Labute approximate surface area is 175 Å². The Morgan fingerprint density at radius 2 is 2.13 bits per heavy atom. The van der Waals surface area contributed by atoms with E-state index in [-0.39, 0.29) is 24.7 Å². The maximum Gasteiger partial charge on any atom is 0.310 e. The second kappa shape index (κ2) is 8.66. The highest BCUT2D eigenvalue weighted by Crippen LogP contribution is 2.36. The summed E-state index contributed by atoms with van der Waals surface area (Å²) >= 11 is 0. The van der Waals surface area contributed by atoms with Gasteiger partial charge in [0.2, 0.25) is 0 Å². The van der Waals surface area contributed by atoms with Gasteiger partial charge in [-0.15, -0.1) is 0 Å². The van der Waals surface area contributed by atoms with Gasteiger partial charge in [0.15, 0.2) is 6.73 Å². The van der Waals surface area contributed by atoms with E-state index in [0.717, 1.165) is 29.5 Å². The van der Waals surface area contributed by atoms with Gasteiger partial charge in [-0.1, -0.05) is 26.7 Å². The highest BCUT2D eigenvalue weighted by molar-refractivity contribution is 5.90. The Bertz CT molecular complexity index is 1070. The zero-order valence-electron chi connectivity index (χ0n) is 17.4. The smallest absolute Gasteiger partial charge is 0.310 e. The molecule has 3 aromatic rings. The molecule has 0 bridgehead atoms. The van der Waals surface area contributed by atoms with Crippen LogP contribution in [0.3, 0.4) is 0 Å². The number of nitriles is 1. The molecule has 1 aliphatic carbocycles. The van der Waals surface area contributed by atoms with Crippen molar-refractivity contribution in [3.8, 4) is 17.3 Å². The van der Waals surface area contributed by atoms with E-state index in [4.69, 9.17) is 4.74 Å². The van der Waals surface area contributed by atoms with E-state index >= 15 is 0 Å². The molecule has 4 rings (SSSR count). The second-order valence-electron chi connectivity index (χ2n) is 8.18. The summed E-state index contributed by atoms with van der Waals surface area (Å²) in [4.78, 5) is 20.6. The molecule has 0 aliphatic heterocycles. The first-order valence-corrected chi connectivity index (χ1v) is 10.5. The lowest BCUT2D eigenvalue weighted by Crippen LogP contribution is -2.17. The van der Waals surface area contributed by atoms with E-state index in [0.29, 0.717) is 18.0 Å². The quantitative estimate of drug-likeness (QED) is 0.548. The normalized spacial score (nSPS) is 15.5. The van der Waals surface area contributed by atoms with Crippen molar-refractivity contribution >= 4 is 17.0 Å². The summed E-state index contributed by atoms with van der Waals surface area (Å²) in [7, 11) is 0. The predicted octanol–water partition coefficient (Wildman–Crippen LogP) is 4.10. The number of carbonyl (C=O) groups excluding carboxylic acids is 1. The van der Waals surface area contributed by atoms with Crippen LogP contribution in [0.4, 0.5) is 0 Å². The third-order valence-corrected chi connectivity index (χ3v) is 5.83. The van der Waals surface area contributed by atoms with Crippen LogP contribution >= 0.6 is 0 Å². The van der Waals surface area contributed by atoms with Crippen LogP contribution in [0.1, 0.15) is 52.0 Å². The molecule has 1 atom stereocenters. The van der Waals surface area contributed by atoms with Crippen LogP contribution in [0.25, 0.3) is 22.3 Å². The summed E-state index contributed by atoms with van der Waals surface area (Å²) < 4.78 is 9.07. The Kier molecular flexibility index (Phi) is 5.79. The fourth-order valence-electron chi connectivity index (χ4n) is 4.19. The largest absolute Gasteiger partial charge is 0.444 e. The maximum atomic E-state index is 11.8. The van der Waals surface area contributed by atoms with Crippen molar-refractivity contribution in [2.24, 2.45) is 11.8 Å². The molecule has 0 radical (unpaired) electrons. The van der Waals surface area contributed by atoms with Crippen LogP contribution < -0.4 is 0 Å². The number of hydrogen-bond donors (Lipinski definition) is 0. The third kappa shape index (κ3) is 3.92. The van der Waals surface area contributed by atoms with Gasteiger partial charge in [0.25, 0.3) is 0 Å². The zero-order valence-corrected chi connectivity index (χ0v) is 17.4. The van der Waals surface area contributed by atoms with E-state index in [1.165, 1.54) is 19.2 Å². The minimum absolute atomic E-state index is 0.101. The van der Waals surface area contributed by atoms with E-state index in [1.54, 1.807) is 24.6 Å². The van der Waals surface area contributed by atoms with Gasteiger partial charge in [0, 0.05) is 23.3 Å². The molecular formula is C22H26N6O2. The number of hydrogen-bond acceptors (Lipinski definition) is 6. The molecule has 30 heavy (non-hydrogen) atoms. The van der Waals surface area contributed by atoms with Gasteiger partial charge in [0.1, 0.15) is 12.0 Å². The second-order valence-corrected chi connectivity index (χ2v) is 8.18. The molecule has 0 spiro atoms. The van der Waals surface area contributed by atoms with Gasteiger partial charge in [-0.05, 0) is 24.8 Å². The van der Waals surface area contributed by atoms with Gasteiger partial charge in [0.05, 0.1) is 36.3 Å². The summed E-state index contributed by atoms with van der Waals surface area (Å²) in [6.07, 6.45) is 12.4. The van der Waals surface area contributed by atoms with Gasteiger partial charge < -0.3 is 4.74 Å². The Balaban J connectivity index is 1.61. The minimum Gasteiger partial charge on any atom is -0.444 e. The Morgan fingerprint density at radius 1 is 1.33 bits per heavy atom. The molecule has 3 heterocycles. The lowest BCUT2D eigenvalue weighted by Gasteiger charge is -2.21. The molecule has 0 unspecified atom stereocenters. The number of esters is 1. The lowest BCUT2D eigenvalue weighted by molar-refractivity contribution is -0.151. The molecule has 8 heteroatoms. The first kappa shape index (κ1) is 20.1. The molecule has 0 N–H and O–H groups in total. The van der Waals surface area contributed by atoms with Crippen LogP contribution in [0.5, 0.6) is 0 Å². The monoisotopic (exact) mass is 406 g/mol. The SMILES string of the molecule is CC(C)C(=O)OCn1ccc2c(-c3cnn([C@H](CC#N)C4CCCC4)c3)ncnc21. The van der Waals surface area contributed by atoms with E-state index in [1.807, 2.05) is 23.1 Å². The molecule has 156 valence electrons. The number of rotatable bonds is 7. The third-order valence-electron chi connectivity index (χ3n) is 5.83. The van der Waals surface area contributed by atoms with Gasteiger partial charge >= 0.3 is 5.97 Å². The molecular weight excluding hydrogens is 380 g/mol. The predicted molar refractivity (Wildman–Crippen MR) is 111 cm³/mol. The van der Waals surface area contributed by atoms with E-state index in [9.17, 15) is 10.1 Å². The number of nitrogens with zero attached hydrogens (tertiary/aromatic N) is 6. The van der Waals surface area contributed by atoms with Crippen molar-refractivity contribution in [1.82, 2.24) is 24.3 Å². The molecule has 8 nitrogen and oxygen atoms in total. The highest BCUT2D eigenvalue weighted by atomic mass is 16.5. The van der Waals surface area contributed by atoms with Crippen molar-refractivity contribution in [3.05, 3.63) is 31.0 Å². The van der Waals surface area contributed by atoms with Gasteiger partial charge in [-0.25, -0.2) is 9.97 Å². The summed E-state index contributed by atoms with van der Waals surface area (Å²) in [6, 6.07) is 4.35. The number of carbonyl (C=O) groups is 1. The molecule has 3 aromatic heterocycles. The van der Waals surface area contributed by atoms with Crippen molar-refractivity contribution in [1.29, 1.82) is 5.26 Å². The average Bonchev–Trinajstić information content (AvgIpc) is 3.51. The fourth-order valence-corrected chi connectivity index (χ4v) is 4.19. The number of aromatic nitrogens is 5. The number of fused-ring (bicyclic) bond motifs is 1. The molecule has 1 saturated carbocycles. The minimum atomic E-state index is -0.247. The average molecular weight is 406 g/mol. The summed E-state index contributed by atoms with van der Waals surface area (Å²) in [5.41, 5.74) is 2.37. The van der Waals surface area contributed by atoms with Crippen molar-refractivity contribution in [2.45, 2.75) is 58.7 Å². The van der Waals surface area contributed by atoms with Crippen LogP contribution in [0.15, 0.2) is 31.0 Å². The highest BCUT2D eigenvalue weighted by Gasteiger charge is 2.27. The van der Waals surface area contributed by atoms with Gasteiger partial charge in [-0.2, -0.15) is 10.4 Å². The number of ether oxygens (including phenoxy) is 1. The summed E-state index contributed by atoms with van der Waals surface area (Å²) in [5, 5.41) is 14.7. The zero-order chi connectivity index (χ0) is 21.1. The molecule has 1 fully saturated rings. The first-order valence-electron chi connectivity index (χ1n) is 10.5. The van der Waals surface area contributed by atoms with E-state index < -0.39 is 0 Å². The molecule has 0 amide bonds. The van der Waals surface area contributed by atoms with Crippen LogP contribution in [-0.4, -0.2) is 30.3 Å². The fraction of sp³-hybridized carbons (Fsp3) is 0.500. The van der Waals surface area contributed by atoms with Gasteiger partial charge in [-0.3, -0.25) is 14.0 Å². The summed E-state index contributed by atoms with van der Waals surface area (Å²) in [6.45, 7) is 3.72. The Hall–Kier alpha value is -3.21. The standard InChI is InChI=1S/C22H26N6O2/c1-15(2)22(29)30-14-27-10-8-18-20(24-13-25-21(18)27)17-11-26-28(12-17)19(7-9-23)16-5-3-4-6-16/h8,10-13,15-16,19H,3-7,14H2,1-2H3/t19-/m1/s1. The lowest BCUT2D eigenvalue weighted by atomic mass is 9.96. The topological polar surface area (TPSA) is 98.6 Å². The maximum absolute atomic E-state index is 11.8.